The zero-order valence-electron chi connectivity index (χ0n) is 16.9. The number of ether oxygens (including phenoxy) is 2. The number of esters is 1. The fourth-order valence-corrected chi connectivity index (χ4v) is 3.79. The summed E-state index contributed by atoms with van der Waals surface area (Å²) in [7, 11) is -2.50. The number of rotatable bonds is 8. The number of hydrogen-bond acceptors (Lipinski definition) is 6. The lowest BCUT2D eigenvalue weighted by molar-refractivity contribution is -0.118. The van der Waals surface area contributed by atoms with Gasteiger partial charge in [-0.25, -0.2) is 13.2 Å². The standard InChI is InChI=1S/C22H19ClN2O6S/c1-30-22(27)15-2-6-17(7-3-15)24-21(26)14-31-19-10-12-20(13-11-19)32(28,29)25-18-8-4-16(23)5-9-18/h2-13,25H,14H2,1H3,(H,24,26). The molecule has 0 aliphatic heterocycles. The molecule has 0 aliphatic rings. The summed E-state index contributed by atoms with van der Waals surface area (Å²) in [6.07, 6.45) is 0. The molecule has 1 amide bonds. The Kier molecular flexibility index (Phi) is 7.34. The van der Waals surface area contributed by atoms with Gasteiger partial charge in [-0.05, 0) is 72.8 Å². The maximum atomic E-state index is 12.5. The average molecular weight is 475 g/mol. The molecule has 0 spiro atoms. The minimum absolute atomic E-state index is 0.0370. The number of hydrogen-bond donors (Lipinski definition) is 2. The first-order valence-corrected chi connectivity index (χ1v) is 11.1. The molecule has 166 valence electrons. The predicted molar refractivity (Wildman–Crippen MR) is 121 cm³/mol. The van der Waals surface area contributed by atoms with Crippen molar-refractivity contribution in [2.75, 3.05) is 23.8 Å². The first-order valence-electron chi connectivity index (χ1n) is 9.26. The van der Waals surface area contributed by atoms with Crippen molar-refractivity contribution in [3.63, 3.8) is 0 Å². The molecule has 3 aromatic rings. The van der Waals surface area contributed by atoms with Crippen LogP contribution in [0.4, 0.5) is 11.4 Å². The van der Waals surface area contributed by atoms with E-state index in [4.69, 9.17) is 16.3 Å². The molecule has 2 N–H and O–H groups in total. The summed E-state index contributed by atoms with van der Waals surface area (Å²) in [6, 6.07) is 18.1. The van der Waals surface area contributed by atoms with Crippen LogP contribution in [0.5, 0.6) is 5.75 Å². The van der Waals surface area contributed by atoms with E-state index in [0.29, 0.717) is 27.7 Å². The van der Waals surface area contributed by atoms with Gasteiger partial charge in [0.25, 0.3) is 15.9 Å². The van der Waals surface area contributed by atoms with Gasteiger partial charge in [-0.2, -0.15) is 0 Å². The minimum atomic E-state index is -3.79. The highest BCUT2D eigenvalue weighted by atomic mass is 35.5. The molecule has 0 saturated heterocycles. The van der Waals surface area contributed by atoms with E-state index in [2.05, 4.69) is 14.8 Å². The summed E-state index contributed by atoms with van der Waals surface area (Å²) in [5, 5.41) is 3.13. The smallest absolute Gasteiger partial charge is 0.337 e. The highest BCUT2D eigenvalue weighted by Crippen LogP contribution is 2.21. The predicted octanol–water partition coefficient (Wildman–Crippen LogP) is 3.94. The van der Waals surface area contributed by atoms with Crippen LogP contribution in [0.15, 0.2) is 77.7 Å². The van der Waals surface area contributed by atoms with Gasteiger partial charge in [-0.15, -0.1) is 0 Å². The Morgan fingerprint density at radius 2 is 1.47 bits per heavy atom. The molecule has 3 aromatic carbocycles. The average Bonchev–Trinajstić information content (AvgIpc) is 2.79. The van der Waals surface area contributed by atoms with Crippen molar-refractivity contribution in [3.8, 4) is 5.75 Å². The van der Waals surface area contributed by atoms with Crippen LogP contribution in [-0.2, 0) is 19.6 Å². The number of amides is 1. The number of carbonyl (C=O) groups is 2. The molecule has 0 unspecified atom stereocenters. The molecule has 0 bridgehead atoms. The van der Waals surface area contributed by atoms with Crippen LogP contribution in [0.25, 0.3) is 0 Å². The lowest BCUT2D eigenvalue weighted by Crippen LogP contribution is -2.20. The van der Waals surface area contributed by atoms with E-state index in [1.54, 1.807) is 36.4 Å². The minimum Gasteiger partial charge on any atom is -0.484 e. The first kappa shape index (κ1) is 23.1. The Morgan fingerprint density at radius 3 is 2.06 bits per heavy atom. The third kappa shape index (κ3) is 6.22. The lowest BCUT2D eigenvalue weighted by atomic mass is 10.2. The molecule has 8 nitrogen and oxygen atoms in total. The van der Waals surface area contributed by atoms with E-state index in [0.717, 1.165) is 0 Å². The highest BCUT2D eigenvalue weighted by molar-refractivity contribution is 7.92. The number of anilines is 2. The molecule has 0 radical (unpaired) electrons. The molecule has 0 heterocycles. The second-order valence-electron chi connectivity index (χ2n) is 6.49. The van der Waals surface area contributed by atoms with E-state index in [1.165, 1.54) is 43.5 Å². The first-order chi connectivity index (χ1) is 15.3. The Balaban J connectivity index is 1.54. The Morgan fingerprint density at radius 1 is 0.875 bits per heavy atom. The zero-order valence-corrected chi connectivity index (χ0v) is 18.4. The van der Waals surface area contributed by atoms with Crippen molar-refractivity contribution >= 4 is 44.9 Å². The van der Waals surface area contributed by atoms with Crippen LogP contribution in [0.2, 0.25) is 5.02 Å². The Hall–Kier alpha value is -3.56. The fourth-order valence-electron chi connectivity index (χ4n) is 2.60. The van der Waals surface area contributed by atoms with Crippen molar-refractivity contribution in [3.05, 3.63) is 83.4 Å². The number of methoxy groups -OCH3 is 1. The maximum Gasteiger partial charge on any atom is 0.337 e. The summed E-state index contributed by atoms with van der Waals surface area (Å²) >= 11 is 5.80. The van der Waals surface area contributed by atoms with Crippen LogP contribution >= 0.6 is 11.6 Å². The molecule has 0 fully saturated rings. The second kappa shape index (κ2) is 10.2. The van der Waals surface area contributed by atoms with Crippen molar-refractivity contribution in [2.45, 2.75) is 4.90 Å². The molecule has 0 saturated carbocycles. The molecular formula is C22H19ClN2O6S. The monoisotopic (exact) mass is 474 g/mol. The van der Waals surface area contributed by atoms with Crippen LogP contribution in [-0.4, -0.2) is 34.0 Å². The van der Waals surface area contributed by atoms with E-state index >= 15 is 0 Å². The molecule has 3 rings (SSSR count). The summed E-state index contributed by atoms with van der Waals surface area (Å²) in [4.78, 5) is 23.5. The largest absolute Gasteiger partial charge is 0.484 e. The van der Waals surface area contributed by atoms with Crippen LogP contribution in [0.1, 0.15) is 10.4 Å². The molecule has 10 heteroatoms. The highest BCUT2D eigenvalue weighted by Gasteiger charge is 2.14. The van der Waals surface area contributed by atoms with Gasteiger partial charge in [0, 0.05) is 16.4 Å². The van der Waals surface area contributed by atoms with Crippen LogP contribution in [0, 0.1) is 0 Å². The number of halogens is 1. The van der Waals surface area contributed by atoms with Gasteiger partial charge in [-0.3, -0.25) is 9.52 Å². The Bertz CT molecular complexity index is 1190. The van der Waals surface area contributed by atoms with Crippen molar-refractivity contribution in [1.29, 1.82) is 0 Å². The van der Waals surface area contributed by atoms with E-state index in [-0.39, 0.29) is 11.5 Å². The van der Waals surface area contributed by atoms with Crippen molar-refractivity contribution < 1.29 is 27.5 Å². The van der Waals surface area contributed by atoms with Gasteiger partial charge < -0.3 is 14.8 Å². The maximum absolute atomic E-state index is 12.5. The molecular weight excluding hydrogens is 456 g/mol. The van der Waals surface area contributed by atoms with Crippen molar-refractivity contribution in [2.24, 2.45) is 0 Å². The number of carbonyl (C=O) groups excluding carboxylic acids is 2. The van der Waals surface area contributed by atoms with Gasteiger partial charge in [0.05, 0.1) is 17.6 Å². The third-order valence-corrected chi connectivity index (χ3v) is 5.84. The summed E-state index contributed by atoms with van der Waals surface area (Å²) in [6.45, 7) is -0.284. The fraction of sp³-hybridized carbons (Fsp3) is 0.0909. The Labute approximate surface area is 190 Å². The number of nitrogens with one attached hydrogen (secondary N) is 2. The molecule has 0 aliphatic carbocycles. The van der Waals surface area contributed by atoms with E-state index in [1.807, 2.05) is 0 Å². The zero-order chi connectivity index (χ0) is 23.1. The quantitative estimate of drug-likeness (QED) is 0.478. The molecule has 0 aromatic heterocycles. The van der Waals surface area contributed by atoms with Gasteiger partial charge in [-0.1, -0.05) is 11.6 Å². The molecule has 32 heavy (non-hydrogen) atoms. The number of sulfonamides is 1. The number of benzene rings is 3. The topological polar surface area (TPSA) is 111 Å². The van der Waals surface area contributed by atoms with E-state index in [9.17, 15) is 18.0 Å². The SMILES string of the molecule is COC(=O)c1ccc(NC(=O)COc2ccc(S(=O)(=O)Nc3ccc(Cl)cc3)cc2)cc1. The van der Waals surface area contributed by atoms with Gasteiger partial charge >= 0.3 is 5.97 Å². The molecule has 0 atom stereocenters. The lowest BCUT2D eigenvalue weighted by Gasteiger charge is -2.10. The summed E-state index contributed by atoms with van der Waals surface area (Å²) in [5.74, 6) is -0.566. The normalized spacial score (nSPS) is 10.8. The van der Waals surface area contributed by atoms with Crippen LogP contribution < -0.4 is 14.8 Å². The summed E-state index contributed by atoms with van der Waals surface area (Å²) < 4.78 is 37.4. The van der Waals surface area contributed by atoms with E-state index < -0.39 is 21.9 Å². The second-order valence-corrected chi connectivity index (χ2v) is 8.61. The van der Waals surface area contributed by atoms with Gasteiger partial charge in [0.2, 0.25) is 0 Å². The van der Waals surface area contributed by atoms with Crippen molar-refractivity contribution in [1.82, 2.24) is 0 Å². The third-order valence-electron chi connectivity index (χ3n) is 4.19. The van der Waals surface area contributed by atoms with Gasteiger partial charge in [0.15, 0.2) is 6.61 Å². The van der Waals surface area contributed by atoms with Crippen LogP contribution in [0.3, 0.4) is 0 Å². The summed E-state index contributed by atoms with van der Waals surface area (Å²) in [5.41, 5.74) is 1.23. The van der Waals surface area contributed by atoms with Gasteiger partial charge in [0.1, 0.15) is 5.75 Å².